The number of carbonyl (C=O) groups excluding carboxylic acids is 1. The number of aliphatic carboxylic acids is 1. The van der Waals surface area contributed by atoms with Gasteiger partial charge in [-0.05, 0) is 6.42 Å². The minimum atomic E-state index is -3.24. The minimum Gasteiger partial charge on any atom is -0.480 e. The average molecular weight is 252 g/mol. The molecule has 0 rings (SSSR count). The zero-order valence-corrected chi connectivity index (χ0v) is 10.2. The first kappa shape index (κ1) is 14.7. The number of hydrogen-bond donors (Lipinski definition) is 2. The van der Waals surface area contributed by atoms with Gasteiger partial charge in [0.2, 0.25) is 0 Å². The molecule has 1 unspecified atom stereocenters. The molecule has 0 aliphatic heterocycles. The molecule has 0 fully saturated rings. The molecule has 2 amide bonds. The number of urea groups is 1. The molecule has 0 radical (unpaired) electrons. The second-order valence-corrected chi connectivity index (χ2v) is 5.91. The maximum Gasteiger partial charge on any atom is 0.326 e. The summed E-state index contributed by atoms with van der Waals surface area (Å²) in [6, 6.07) is -1.76. The Balaban J connectivity index is 4.41. The van der Waals surface area contributed by atoms with Gasteiger partial charge >= 0.3 is 12.0 Å². The van der Waals surface area contributed by atoms with Crippen LogP contribution >= 0.6 is 0 Å². The van der Waals surface area contributed by atoms with E-state index in [1.165, 1.54) is 19.0 Å². The lowest BCUT2D eigenvalue weighted by Crippen LogP contribution is -2.46. The van der Waals surface area contributed by atoms with E-state index < -0.39 is 27.9 Å². The average Bonchev–Trinajstić information content (AvgIpc) is 2.09. The third-order valence-corrected chi connectivity index (χ3v) is 2.76. The van der Waals surface area contributed by atoms with Gasteiger partial charge in [0.15, 0.2) is 0 Å². The van der Waals surface area contributed by atoms with Crippen LogP contribution in [0.3, 0.4) is 0 Å². The van der Waals surface area contributed by atoms with E-state index in [0.29, 0.717) is 0 Å². The van der Waals surface area contributed by atoms with E-state index >= 15 is 0 Å². The Hall–Kier alpha value is -1.31. The summed E-state index contributed by atoms with van der Waals surface area (Å²) in [7, 11) is -0.311. The van der Waals surface area contributed by atoms with Crippen molar-refractivity contribution in [2.45, 2.75) is 12.5 Å². The van der Waals surface area contributed by atoms with Gasteiger partial charge in [0, 0.05) is 20.4 Å². The summed E-state index contributed by atoms with van der Waals surface area (Å²) in [4.78, 5) is 23.1. The topological polar surface area (TPSA) is 104 Å². The molecule has 0 saturated carbocycles. The molecule has 0 spiro atoms. The van der Waals surface area contributed by atoms with Crippen molar-refractivity contribution in [1.82, 2.24) is 10.2 Å². The van der Waals surface area contributed by atoms with E-state index in [0.717, 1.165) is 6.26 Å². The third-order valence-electron chi connectivity index (χ3n) is 1.78. The Morgan fingerprint density at radius 2 is 1.88 bits per heavy atom. The number of carbonyl (C=O) groups is 2. The Morgan fingerprint density at radius 1 is 1.38 bits per heavy atom. The van der Waals surface area contributed by atoms with Crippen molar-refractivity contribution in [3.8, 4) is 0 Å². The molecule has 0 aromatic carbocycles. The SMILES string of the molecule is CN(C)C(=O)NC(CCS(C)(=O)=O)C(=O)O. The lowest BCUT2D eigenvalue weighted by molar-refractivity contribution is -0.139. The zero-order chi connectivity index (χ0) is 12.9. The second-order valence-electron chi connectivity index (χ2n) is 3.65. The molecule has 0 aliphatic carbocycles. The van der Waals surface area contributed by atoms with E-state index in [-0.39, 0.29) is 12.2 Å². The molecule has 0 saturated heterocycles. The Labute approximate surface area is 94.3 Å². The maximum atomic E-state index is 11.2. The fraction of sp³-hybridized carbons (Fsp3) is 0.750. The van der Waals surface area contributed by atoms with Crippen LogP contribution in [-0.2, 0) is 14.6 Å². The highest BCUT2D eigenvalue weighted by atomic mass is 32.2. The molecular weight excluding hydrogens is 236 g/mol. The first-order valence-electron chi connectivity index (χ1n) is 4.52. The minimum absolute atomic E-state index is 0.145. The normalized spacial score (nSPS) is 12.9. The summed E-state index contributed by atoms with van der Waals surface area (Å²) < 4.78 is 21.7. The van der Waals surface area contributed by atoms with Gasteiger partial charge in [-0.25, -0.2) is 18.0 Å². The standard InChI is InChI=1S/C8H16N2O5S/c1-10(2)8(13)9-6(7(11)12)4-5-16(3,14)15/h6H,4-5H2,1-3H3,(H,9,13)(H,11,12). The van der Waals surface area contributed by atoms with Crippen molar-refractivity contribution in [2.75, 3.05) is 26.1 Å². The summed E-state index contributed by atoms with van der Waals surface area (Å²) in [6.07, 6.45) is 0.868. The summed E-state index contributed by atoms with van der Waals surface area (Å²) in [5.74, 6) is -1.53. The number of hydrogen-bond acceptors (Lipinski definition) is 4. The second kappa shape index (κ2) is 5.69. The monoisotopic (exact) mass is 252 g/mol. The van der Waals surface area contributed by atoms with Gasteiger partial charge in [0.1, 0.15) is 15.9 Å². The van der Waals surface area contributed by atoms with Gasteiger partial charge < -0.3 is 15.3 Å². The van der Waals surface area contributed by atoms with Crippen molar-refractivity contribution in [3.05, 3.63) is 0 Å². The molecule has 7 nitrogen and oxygen atoms in total. The van der Waals surface area contributed by atoms with Crippen LogP contribution in [0.15, 0.2) is 0 Å². The van der Waals surface area contributed by atoms with Crippen LogP contribution in [0.1, 0.15) is 6.42 Å². The Morgan fingerprint density at radius 3 is 2.19 bits per heavy atom. The maximum absolute atomic E-state index is 11.2. The van der Waals surface area contributed by atoms with Crippen LogP contribution < -0.4 is 5.32 Å². The first-order chi connectivity index (χ1) is 7.13. The first-order valence-corrected chi connectivity index (χ1v) is 6.58. The molecule has 1 atom stereocenters. The van der Waals surface area contributed by atoms with E-state index in [9.17, 15) is 18.0 Å². The van der Waals surface area contributed by atoms with E-state index in [1.54, 1.807) is 0 Å². The number of nitrogens with one attached hydrogen (secondary N) is 1. The quantitative estimate of drug-likeness (QED) is 0.663. The summed E-state index contributed by atoms with van der Waals surface area (Å²) in [5.41, 5.74) is 0. The van der Waals surface area contributed by atoms with Crippen LogP contribution in [0.25, 0.3) is 0 Å². The molecule has 2 N–H and O–H groups in total. The van der Waals surface area contributed by atoms with Gasteiger partial charge in [-0.3, -0.25) is 0 Å². The van der Waals surface area contributed by atoms with Crippen molar-refractivity contribution >= 4 is 21.8 Å². The molecule has 0 aromatic heterocycles. The highest BCUT2D eigenvalue weighted by Crippen LogP contribution is 1.98. The smallest absolute Gasteiger partial charge is 0.326 e. The van der Waals surface area contributed by atoms with Crippen molar-refractivity contribution < 1.29 is 23.1 Å². The number of amides is 2. The molecular formula is C8H16N2O5S. The number of nitrogens with zero attached hydrogens (tertiary/aromatic N) is 1. The molecule has 0 aliphatic rings. The molecule has 0 aromatic rings. The predicted molar refractivity (Wildman–Crippen MR) is 58.0 cm³/mol. The number of carboxylic acids is 1. The molecule has 8 heteroatoms. The number of sulfone groups is 1. The largest absolute Gasteiger partial charge is 0.480 e. The lowest BCUT2D eigenvalue weighted by atomic mass is 10.2. The fourth-order valence-electron chi connectivity index (χ4n) is 0.867. The van der Waals surface area contributed by atoms with Crippen LogP contribution in [0.2, 0.25) is 0 Å². The number of rotatable bonds is 5. The zero-order valence-electron chi connectivity index (χ0n) is 9.43. The number of carboxylic acid groups (broad SMARTS) is 1. The fourth-order valence-corrected chi connectivity index (χ4v) is 1.53. The molecule has 94 valence electrons. The van der Waals surface area contributed by atoms with Crippen LogP contribution in [0, 0.1) is 0 Å². The van der Waals surface area contributed by atoms with Crippen LogP contribution in [0.5, 0.6) is 0 Å². The van der Waals surface area contributed by atoms with E-state index in [4.69, 9.17) is 5.11 Å². The predicted octanol–water partition coefficient (Wildman–Crippen LogP) is -0.854. The van der Waals surface area contributed by atoms with Gasteiger partial charge in [-0.1, -0.05) is 0 Å². The van der Waals surface area contributed by atoms with E-state index in [2.05, 4.69) is 5.32 Å². The molecule has 0 heterocycles. The highest BCUT2D eigenvalue weighted by Gasteiger charge is 2.22. The van der Waals surface area contributed by atoms with Gasteiger partial charge in [0.05, 0.1) is 5.75 Å². The van der Waals surface area contributed by atoms with Crippen molar-refractivity contribution in [2.24, 2.45) is 0 Å². The van der Waals surface area contributed by atoms with Crippen molar-refractivity contribution in [3.63, 3.8) is 0 Å². The van der Waals surface area contributed by atoms with E-state index in [1.807, 2.05) is 0 Å². The Kier molecular flexibility index (Phi) is 5.22. The van der Waals surface area contributed by atoms with Crippen molar-refractivity contribution in [1.29, 1.82) is 0 Å². The van der Waals surface area contributed by atoms with Crippen LogP contribution in [0.4, 0.5) is 4.79 Å². The van der Waals surface area contributed by atoms with Gasteiger partial charge in [-0.2, -0.15) is 0 Å². The lowest BCUT2D eigenvalue weighted by Gasteiger charge is -2.17. The van der Waals surface area contributed by atoms with Crippen LogP contribution in [-0.4, -0.2) is 62.6 Å². The highest BCUT2D eigenvalue weighted by molar-refractivity contribution is 7.90. The molecule has 16 heavy (non-hydrogen) atoms. The third kappa shape index (κ3) is 6.23. The van der Waals surface area contributed by atoms with Gasteiger partial charge in [-0.15, -0.1) is 0 Å². The molecule has 0 bridgehead atoms. The Bertz CT molecular complexity index is 363. The van der Waals surface area contributed by atoms with Gasteiger partial charge in [0.25, 0.3) is 0 Å². The summed E-state index contributed by atoms with van der Waals surface area (Å²) in [5, 5.41) is 11.0. The summed E-state index contributed by atoms with van der Waals surface area (Å²) >= 11 is 0. The summed E-state index contributed by atoms with van der Waals surface area (Å²) in [6.45, 7) is 0.